The smallest absolute Gasteiger partial charge is 0.236 e. The van der Waals surface area contributed by atoms with Crippen LogP contribution in [-0.2, 0) is 9.59 Å². The van der Waals surface area contributed by atoms with E-state index in [2.05, 4.69) is 11.0 Å². The van der Waals surface area contributed by atoms with Crippen LogP contribution in [0.3, 0.4) is 0 Å². The maximum Gasteiger partial charge on any atom is 0.236 e. The van der Waals surface area contributed by atoms with Gasteiger partial charge in [0.1, 0.15) is 0 Å². The van der Waals surface area contributed by atoms with Crippen molar-refractivity contribution in [2.75, 3.05) is 45.8 Å². The summed E-state index contributed by atoms with van der Waals surface area (Å²) in [7, 11) is 0. The topological polar surface area (TPSA) is 67.7 Å². The van der Waals surface area contributed by atoms with Crippen LogP contribution in [0.5, 0.6) is 0 Å². The van der Waals surface area contributed by atoms with Gasteiger partial charge in [-0.1, -0.05) is 32.1 Å². The Hall–Kier alpha value is -1.61. The molecule has 1 aliphatic heterocycles. The summed E-state index contributed by atoms with van der Waals surface area (Å²) in [5.74, 6) is 0.964. The predicted octanol–water partition coefficient (Wildman–Crippen LogP) is 2.50. The number of nitrogens with zero attached hydrogens (tertiary/aromatic N) is 4. The summed E-state index contributed by atoms with van der Waals surface area (Å²) in [5, 5.41) is 8.95. The summed E-state index contributed by atoms with van der Waals surface area (Å²) < 4.78 is 0. The van der Waals surface area contributed by atoms with Gasteiger partial charge in [0.25, 0.3) is 0 Å². The highest BCUT2D eigenvalue weighted by molar-refractivity contribution is 5.78. The zero-order chi connectivity index (χ0) is 19.6. The lowest BCUT2D eigenvalue weighted by molar-refractivity contribution is -0.135. The summed E-state index contributed by atoms with van der Waals surface area (Å²) in [4.78, 5) is 30.8. The fourth-order valence-electron chi connectivity index (χ4n) is 4.19. The molecule has 2 amide bonds. The molecule has 0 N–H and O–H groups in total. The molecule has 1 atom stereocenters. The summed E-state index contributed by atoms with van der Waals surface area (Å²) >= 11 is 0. The minimum atomic E-state index is -0.146. The van der Waals surface area contributed by atoms with Crippen molar-refractivity contribution in [2.24, 2.45) is 11.8 Å². The fourth-order valence-corrected chi connectivity index (χ4v) is 4.19. The van der Waals surface area contributed by atoms with Gasteiger partial charge in [-0.15, -0.1) is 0 Å². The normalized spacial score (nSPS) is 20.1. The van der Waals surface area contributed by atoms with E-state index in [0.717, 1.165) is 38.5 Å². The molecule has 6 heteroatoms. The van der Waals surface area contributed by atoms with E-state index >= 15 is 0 Å². The van der Waals surface area contributed by atoms with Crippen LogP contribution in [-0.4, -0.2) is 72.3 Å². The molecule has 2 fully saturated rings. The van der Waals surface area contributed by atoms with E-state index in [1.54, 1.807) is 4.90 Å². The number of hydrogen-bond donors (Lipinski definition) is 0. The molecule has 1 aliphatic carbocycles. The first-order valence-corrected chi connectivity index (χ1v) is 10.7. The Morgan fingerprint density at radius 2 is 1.81 bits per heavy atom. The second-order valence-electron chi connectivity index (χ2n) is 8.16. The molecule has 0 aromatic heterocycles. The number of rotatable bonds is 8. The fraction of sp³-hybridized carbons (Fsp3) is 0.857. The Kier molecular flexibility index (Phi) is 9.06. The molecule has 0 spiro atoms. The van der Waals surface area contributed by atoms with Crippen molar-refractivity contribution in [3.8, 4) is 6.07 Å². The maximum absolute atomic E-state index is 12.5. The SMILES string of the molecule is CCN(CC(C)C#N)C(=O)CN1CCN(C(=O)CCC2CCCCC2)CC1. The van der Waals surface area contributed by atoms with Crippen LogP contribution in [0.15, 0.2) is 0 Å². The number of nitriles is 1. The first-order chi connectivity index (χ1) is 13.0. The number of likely N-dealkylation sites (N-methyl/N-ethyl adjacent to an activating group) is 1. The quantitative estimate of drug-likeness (QED) is 0.653. The predicted molar refractivity (Wildman–Crippen MR) is 106 cm³/mol. The average molecular weight is 377 g/mol. The van der Waals surface area contributed by atoms with E-state index in [1.165, 1.54) is 32.1 Å². The molecule has 2 aliphatic rings. The van der Waals surface area contributed by atoms with Gasteiger partial charge < -0.3 is 9.80 Å². The van der Waals surface area contributed by atoms with Crippen molar-refractivity contribution < 1.29 is 9.59 Å². The Morgan fingerprint density at radius 3 is 2.41 bits per heavy atom. The molecule has 1 unspecified atom stereocenters. The van der Waals surface area contributed by atoms with Gasteiger partial charge in [0, 0.05) is 45.7 Å². The number of carbonyl (C=O) groups is 2. The van der Waals surface area contributed by atoms with Crippen molar-refractivity contribution in [1.82, 2.24) is 14.7 Å². The van der Waals surface area contributed by atoms with Crippen molar-refractivity contribution >= 4 is 11.8 Å². The third kappa shape index (κ3) is 7.14. The molecule has 152 valence electrons. The van der Waals surface area contributed by atoms with Gasteiger partial charge in [-0.3, -0.25) is 14.5 Å². The lowest BCUT2D eigenvalue weighted by Crippen LogP contribution is -2.51. The van der Waals surface area contributed by atoms with Gasteiger partial charge in [0.2, 0.25) is 11.8 Å². The molecule has 27 heavy (non-hydrogen) atoms. The molecule has 0 radical (unpaired) electrons. The van der Waals surface area contributed by atoms with Crippen LogP contribution in [0, 0.1) is 23.2 Å². The zero-order valence-corrected chi connectivity index (χ0v) is 17.2. The van der Waals surface area contributed by atoms with Gasteiger partial charge in [0.05, 0.1) is 18.5 Å². The van der Waals surface area contributed by atoms with Crippen LogP contribution in [0.2, 0.25) is 0 Å². The van der Waals surface area contributed by atoms with E-state index in [4.69, 9.17) is 5.26 Å². The molecular weight excluding hydrogens is 340 g/mol. The van der Waals surface area contributed by atoms with Gasteiger partial charge >= 0.3 is 0 Å². The first-order valence-electron chi connectivity index (χ1n) is 10.7. The summed E-state index contributed by atoms with van der Waals surface area (Å²) in [5.41, 5.74) is 0. The third-order valence-corrected chi connectivity index (χ3v) is 6.02. The van der Waals surface area contributed by atoms with Crippen LogP contribution in [0.4, 0.5) is 0 Å². The number of carbonyl (C=O) groups excluding carboxylic acids is 2. The average Bonchev–Trinajstić information content (AvgIpc) is 2.71. The first kappa shape index (κ1) is 21.7. The van der Waals surface area contributed by atoms with E-state index in [0.29, 0.717) is 26.1 Å². The van der Waals surface area contributed by atoms with Gasteiger partial charge in [-0.2, -0.15) is 5.26 Å². The third-order valence-electron chi connectivity index (χ3n) is 6.02. The van der Waals surface area contributed by atoms with Gasteiger partial charge in [0.15, 0.2) is 0 Å². The summed E-state index contributed by atoms with van der Waals surface area (Å²) in [6.45, 7) is 8.25. The van der Waals surface area contributed by atoms with Crippen molar-refractivity contribution in [1.29, 1.82) is 5.26 Å². The highest BCUT2D eigenvalue weighted by Crippen LogP contribution is 2.27. The van der Waals surface area contributed by atoms with E-state index in [9.17, 15) is 9.59 Å². The minimum absolute atomic E-state index is 0.0803. The Balaban J connectivity index is 1.68. The summed E-state index contributed by atoms with van der Waals surface area (Å²) in [6.07, 6.45) is 8.32. The monoisotopic (exact) mass is 376 g/mol. The second-order valence-corrected chi connectivity index (χ2v) is 8.16. The molecule has 0 aromatic carbocycles. The van der Waals surface area contributed by atoms with Crippen LogP contribution in [0.1, 0.15) is 58.8 Å². The standard InChI is InChI=1S/C21H36N4O2/c1-3-24(16-18(2)15-22)21(27)17-23-11-13-25(14-12-23)20(26)10-9-19-7-5-4-6-8-19/h18-19H,3-14,16-17H2,1-2H3. The number of hydrogen-bond acceptors (Lipinski definition) is 4. The molecule has 1 heterocycles. The van der Waals surface area contributed by atoms with Crippen molar-refractivity contribution in [3.05, 3.63) is 0 Å². The number of piperazine rings is 1. The van der Waals surface area contributed by atoms with Crippen LogP contribution in [0.25, 0.3) is 0 Å². The zero-order valence-electron chi connectivity index (χ0n) is 17.2. The highest BCUT2D eigenvalue weighted by atomic mass is 16.2. The lowest BCUT2D eigenvalue weighted by atomic mass is 9.86. The maximum atomic E-state index is 12.5. The van der Waals surface area contributed by atoms with E-state index in [-0.39, 0.29) is 17.7 Å². The van der Waals surface area contributed by atoms with Gasteiger partial charge in [-0.05, 0) is 26.2 Å². The Morgan fingerprint density at radius 1 is 1.15 bits per heavy atom. The van der Waals surface area contributed by atoms with E-state index in [1.807, 2.05) is 18.7 Å². The highest BCUT2D eigenvalue weighted by Gasteiger charge is 2.25. The van der Waals surface area contributed by atoms with Crippen molar-refractivity contribution in [2.45, 2.75) is 58.8 Å². The molecule has 0 aromatic rings. The van der Waals surface area contributed by atoms with E-state index < -0.39 is 0 Å². The number of amides is 2. The largest absolute Gasteiger partial charge is 0.341 e. The Labute approximate surface area is 164 Å². The van der Waals surface area contributed by atoms with Crippen LogP contribution < -0.4 is 0 Å². The Bertz CT molecular complexity index is 517. The van der Waals surface area contributed by atoms with Crippen molar-refractivity contribution in [3.63, 3.8) is 0 Å². The van der Waals surface area contributed by atoms with Crippen LogP contribution >= 0.6 is 0 Å². The lowest BCUT2D eigenvalue weighted by Gasteiger charge is -2.35. The molecular formula is C21H36N4O2. The minimum Gasteiger partial charge on any atom is -0.341 e. The molecule has 6 nitrogen and oxygen atoms in total. The molecule has 2 rings (SSSR count). The second kappa shape index (κ2) is 11.3. The molecule has 1 saturated carbocycles. The molecule has 1 saturated heterocycles. The van der Waals surface area contributed by atoms with Gasteiger partial charge in [-0.25, -0.2) is 0 Å². The summed E-state index contributed by atoms with van der Waals surface area (Å²) in [6, 6.07) is 2.19. The molecule has 0 bridgehead atoms.